The molecule has 0 atom stereocenters. The number of ether oxygens (including phenoxy) is 1. The molecule has 6 heteroatoms. The van der Waals surface area contributed by atoms with Gasteiger partial charge in [-0.25, -0.2) is 4.79 Å². The van der Waals surface area contributed by atoms with E-state index in [-0.39, 0.29) is 12.3 Å². The van der Waals surface area contributed by atoms with Crippen molar-refractivity contribution in [1.29, 1.82) is 0 Å². The molecule has 0 heterocycles. The molecule has 1 aromatic carbocycles. The molecule has 19 heavy (non-hydrogen) atoms. The molecule has 0 bridgehead atoms. The molecule has 0 aliphatic heterocycles. The van der Waals surface area contributed by atoms with Gasteiger partial charge >= 0.3 is 6.03 Å². The van der Waals surface area contributed by atoms with Crippen molar-refractivity contribution in [1.82, 2.24) is 10.2 Å². The number of hydrogen-bond donors (Lipinski definition) is 2. The van der Waals surface area contributed by atoms with Crippen LogP contribution in [0.5, 0.6) is 5.75 Å². The van der Waals surface area contributed by atoms with Crippen LogP contribution < -0.4 is 15.8 Å². The molecule has 0 aliphatic carbocycles. The van der Waals surface area contributed by atoms with E-state index < -0.39 is 6.03 Å². The summed E-state index contributed by atoms with van der Waals surface area (Å²) in [5.74, 6) is 0.450. The number of para-hydroxylation sites is 1. The average molecular weight is 265 g/mol. The minimum absolute atomic E-state index is 0.227. The molecule has 3 N–H and O–H groups in total. The van der Waals surface area contributed by atoms with Gasteiger partial charge in [-0.15, -0.1) is 0 Å². The normalized spacial score (nSPS) is 10.2. The van der Waals surface area contributed by atoms with Crippen molar-refractivity contribution in [2.45, 2.75) is 6.42 Å². The van der Waals surface area contributed by atoms with Crippen LogP contribution in [0.2, 0.25) is 0 Å². The third kappa shape index (κ3) is 7.05. The average Bonchev–Trinajstić information content (AvgIpc) is 2.37. The van der Waals surface area contributed by atoms with Crippen molar-refractivity contribution in [3.63, 3.8) is 0 Å². The summed E-state index contributed by atoms with van der Waals surface area (Å²) in [5, 5.41) is 2.02. The molecule has 0 spiro atoms. The first-order chi connectivity index (χ1) is 9.08. The first-order valence-electron chi connectivity index (χ1n) is 6.03. The fourth-order valence-corrected chi connectivity index (χ4v) is 1.44. The van der Waals surface area contributed by atoms with E-state index >= 15 is 0 Å². The zero-order chi connectivity index (χ0) is 14.1. The summed E-state index contributed by atoms with van der Waals surface area (Å²) in [6, 6.07) is 8.71. The highest BCUT2D eigenvalue weighted by Gasteiger charge is 2.06. The summed E-state index contributed by atoms with van der Waals surface area (Å²) in [4.78, 5) is 23.6. The largest absolute Gasteiger partial charge is 0.492 e. The van der Waals surface area contributed by atoms with Crippen molar-refractivity contribution in [2.75, 3.05) is 26.7 Å². The Morgan fingerprint density at radius 3 is 2.58 bits per heavy atom. The van der Waals surface area contributed by atoms with Gasteiger partial charge in [0.15, 0.2) is 0 Å². The molecule has 0 fully saturated rings. The number of carbonyl (C=O) groups excluding carboxylic acids is 2. The molecule has 0 unspecified atom stereocenters. The van der Waals surface area contributed by atoms with Crippen molar-refractivity contribution in [3.05, 3.63) is 30.3 Å². The minimum atomic E-state index is -0.819. The Labute approximate surface area is 112 Å². The Balaban J connectivity index is 2.13. The lowest BCUT2D eigenvalue weighted by atomic mass is 10.3. The molecule has 0 radical (unpaired) electrons. The van der Waals surface area contributed by atoms with E-state index in [1.54, 1.807) is 0 Å². The van der Waals surface area contributed by atoms with Crippen LogP contribution in [0.4, 0.5) is 4.79 Å². The Hall–Kier alpha value is -2.08. The number of hydrogen-bond acceptors (Lipinski definition) is 4. The predicted molar refractivity (Wildman–Crippen MR) is 71.8 cm³/mol. The van der Waals surface area contributed by atoms with Gasteiger partial charge in [0.2, 0.25) is 5.91 Å². The van der Waals surface area contributed by atoms with E-state index in [2.05, 4.69) is 0 Å². The second-order valence-corrected chi connectivity index (χ2v) is 4.13. The Bertz CT molecular complexity index is 409. The second kappa shape index (κ2) is 8.10. The SMILES string of the molecule is CN(CCOc1ccccc1)CCC(=O)NC(N)=O. The van der Waals surface area contributed by atoms with Crippen LogP contribution in [0.25, 0.3) is 0 Å². The van der Waals surface area contributed by atoms with E-state index in [0.29, 0.717) is 19.7 Å². The summed E-state index contributed by atoms with van der Waals surface area (Å²) in [6.45, 7) is 1.77. The highest BCUT2D eigenvalue weighted by atomic mass is 16.5. The van der Waals surface area contributed by atoms with Crippen LogP contribution in [0.1, 0.15) is 6.42 Å². The van der Waals surface area contributed by atoms with Crippen molar-refractivity contribution in [3.8, 4) is 5.75 Å². The summed E-state index contributed by atoms with van der Waals surface area (Å²) < 4.78 is 5.53. The van der Waals surface area contributed by atoms with E-state index in [1.165, 1.54) is 0 Å². The number of nitrogens with zero attached hydrogens (tertiary/aromatic N) is 1. The third-order valence-corrected chi connectivity index (χ3v) is 2.47. The summed E-state index contributed by atoms with van der Waals surface area (Å²) in [6.07, 6.45) is 0.227. The standard InChI is InChI=1S/C13H19N3O3/c1-16(8-7-12(17)15-13(14)18)9-10-19-11-5-3-2-4-6-11/h2-6H,7-10H2,1H3,(H3,14,15,17,18). The van der Waals surface area contributed by atoms with Crippen molar-refractivity contribution in [2.24, 2.45) is 5.73 Å². The van der Waals surface area contributed by atoms with E-state index in [0.717, 1.165) is 5.75 Å². The van der Waals surface area contributed by atoms with Gasteiger partial charge in [-0.1, -0.05) is 18.2 Å². The maximum absolute atomic E-state index is 11.2. The summed E-state index contributed by atoms with van der Waals surface area (Å²) >= 11 is 0. The smallest absolute Gasteiger partial charge is 0.318 e. The van der Waals surface area contributed by atoms with Crippen LogP contribution in [-0.4, -0.2) is 43.6 Å². The molecule has 1 rings (SSSR count). The second-order valence-electron chi connectivity index (χ2n) is 4.13. The van der Waals surface area contributed by atoms with Crippen molar-refractivity contribution >= 4 is 11.9 Å². The van der Waals surface area contributed by atoms with Gasteiger partial charge < -0.3 is 15.4 Å². The molecule has 0 saturated carbocycles. The Kier molecular flexibility index (Phi) is 6.38. The lowest BCUT2D eigenvalue weighted by Crippen LogP contribution is -2.37. The number of carbonyl (C=O) groups is 2. The van der Waals surface area contributed by atoms with Crippen LogP contribution in [0.15, 0.2) is 30.3 Å². The fourth-order valence-electron chi connectivity index (χ4n) is 1.44. The van der Waals surface area contributed by atoms with Crippen LogP contribution in [0.3, 0.4) is 0 Å². The Morgan fingerprint density at radius 1 is 1.26 bits per heavy atom. The molecule has 1 aromatic rings. The number of rotatable bonds is 7. The minimum Gasteiger partial charge on any atom is -0.492 e. The maximum Gasteiger partial charge on any atom is 0.318 e. The number of nitrogens with one attached hydrogen (secondary N) is 1. The number of benzene rings is 1. The first kappa shape index (κ1) is 15.0. The zero-order valence-corrected chi connectivity index (χ0v) is 11.0. The highest BCUT2D eigenvalue weighted by molar-refractivity contribution is 5.93. The number of likely N-dealkylation sites (N-methyl/N-ethyl adjacent to an activating group) is 1. The van der Waals surface area contributed by atoms with Gasteiger partial charge in [-0.2, -0.15) is 0 Å². The fraction of sp³-hybridized carbons (Fsp3) is 0.385. The zero-order valence-electron chi connectivity index (χ0n) is 11.0. The molecule has 0 aliphatic rings. The predicted octanol–water partition coefficient (Wildman–Crippen LogP) is 0.582. The van der Waals surface area contributed by atoms with Crippen LogP contribution >= 0.6 is 0 Å². The maximum atomic E-state index is 11.2. The summed E-state index contributed by atoms with van der Waals surface area (Å²) in [5.41, 5.74) is 4.84. The lowest BCUT2D eigenvalue weighted by molar-refractivity contribution is -0.120. The highest BCUT2D eigenvalue weighted by Crippen LogP contribution is 2.07. The molecule has 0 aromatic heterocycles. The van der Waals surface area contributed by atoms with Crippen molar-refractivity contribution < 1.29 is 14.3 Å². The molecular formula is C13H19N3O3. The molecule has 3 amide bonds. The third-order valence-electron chi connectivity index (χ3n) is 2.47. The first-order valence-corrected chi connectivity index (χ1v) is 6.03. The van der Waals surface area contributed by atoms with E-state index in [4.69, 9.17) is 10.5 Å². The van der Waals surface area contributed by atoms with Gasteiger partial charge in [0.1, 0.15) is 12.4 Å². The molecule has 0 saturated heterocycles. The monoisotopic (exact) mass is 265 g/mol. The van der Waals surface area contributed by atoms with Crippen LogP contribution in [-0.2, 0) is 4.79 Å². The molecule has 6 nitrogen and oxygen atoms in total. The number of nitrogens with two attached hydrogens (primary N) is 1. The topological polar surface area (TPSA) is 84.7 Å². The van der Waals surface area contributed by atoms with Gasteiger partial charge in [0, 0.05) is 19.5 Å². The van der Waals surface area contributed by atoms with Gasteiger partial charge in [0.05, 0.1) is 0 Å². The quantitative estimate of drug-likeness (QED) is 0.755. The number of urea groups is 1. The van der Waals surface area contributed by atoms with Crippen LogP contribution in [0, 0.1) is 0 Å². The van der Waals surface area contributed by atoms with E-state index in [1.807, 2.05) is 47.6 Å². The molecular weight excluding hydrogens is 246 g/mol. The van der Waals surface area contributed by atoms with Gasteiger partial charge in [0.25, 0.3) is 0 Å². The molecule has 104 valence electrons. The van der Waals surface area contributed by atoms with Gasteiger partial charge in [-0.3, -0.25) is 10.1 Å². The van der Waals surface area contributed by atoms with Gasteiger partial charge in [-0.05, 0) is 19.2 Å². The van der Waals surface area contributed by atoms with E-state index in [9.17, 15) is 9.59 Å². The number of imide groups is 1. The number of primary amides is 1. The summed E-state index contributed by atoms with van der Waals surface area (Å²) in [7, 11) is 1.88. The number of amides is 3. The Morgan fingerprint density at radius 2 is 1.95 bits per heavy atom. The lowest BCUT2D eigenvalue weighted by Gasteiger charge is -2.16.